The summed E-state index contributed by atoms with van der Waals surface area (Å²) in [5.41, 5.74) is 0.869. The van der Waals surface area contributed by atoms with E-state index in [9.17, 15) is 13.2 Å². The van der Waals surface area contributed by atoms with Crippen LogP contribution in [0, 0.1) is 0 Å². The van der Waals surface area contributed by atoms with Gasteiger partial charge in [0.1, 0.15) is 5.82 Å². The number of hydrogen-bond acceptors (Lipinski definition) is 5. The number of nitrogens with one attached hydrogen (secondary N) is 2. The summed E-state index contributed by atoms with van der Waals surface area (Å²) in [5.74, 6) is 0.579. The molecule has 0 saturated carbocycles. The van der Waals surface area contributed by atoms with Crippen molar-refractivity contribution in [1.29, 1.82) is 0 Å². The highest BCUT2D eigenvalue weighted by atomic mass is 79.9. The van der Waals surface area contributed by atoms with Crippen LogP contribution in [-0.4, -0.2) is 28.2 Å². The van der Waals surface area contributed by atoms with Crippen LogP contribution in [0.15, 0.2) is 59.1 Å². The second-order valence-corrected chi connectivity index (χ2v) is 6.65. The van der Waals surface area contributed by atoms with Crippen LogP contribution in [0.1, 0.15) is 5.56 Å². The van der Waals surface area contributed by atoms with Crippen molar-refractivity contribution in [2.24, 2.45) is 0 Å². The molecule has 0 spiro atoms. The Hall–Kier alpha value is -2.65. The van der Waals surface area contributed by atoms with Crippen molar-refractivity contribution in [2.75, 3.05) is 23.8 Å². The Bertz CT molecular complexity index is 952. The van der Waals surface area contributed by atoms with Crippen LogP contribution in [-0.2, 0) is 6.18 Å². The molecule has 5 nitrogen and oxygen atoms in total. The Morgan fingerprint density at radius 2 is 1.75 bits per heavy atom. The minimum Gasteiger partial charge on any atom is -0.395 e. The lowest BCUT2D eigenvalue weighted by Crippen LogP contribution is -2.10. The largest absolute Gasteiger partial charge is 0.417 e. The van der Waals surface area contributed by atoms with Gasteiger partial charge < -0.3 is 15.7 Å². The summed E-state index contributed by atoms with van der Waals surface area (Å²) in [7, 11) is 0. The van der Waals surface area contributed by atoms with Gasteiger partial charge in [0.25, 0.3) is 0 Å². The summed E-state index contributed by atoms with van der Waals surface area (Å²) in [5, 5.41) is 14.8. The zero-order valence-electron chi connectivity index (χ0n) is 14.5. The molecule has 0 amide bonds. The first-order chi connectivity index (χ1) is 13.4. The first-order valence-electron chi connectivity index (χ1n) is 8.30. The minimum atomic E-state index is -4.48. The summed E-state index contributed by atoms with van der Waals surface area (Å²) < 4.78 is 39.4. The number of hydrogen-bond donors (Lipinski definition) is 3. The van der Waals surface area contributed by atoms with Gasteiger partial charge in [-0.05, 0) is 18.2 Å². The van der Waals surface area contributed by atoms with Gasteiger partial charge in [-0.1, -0.05) is 46.3 Å². The second-order valence-electron chi connectivity index (χ2n) is 5.80. The minimum absolute atomic E-state index is 0.0384. The van der Waals surface area contributed by atoms with Crippen molar-refractivity contribution in [2.45, 2.75) is 6.18 Å². The molecule has 3 N–H and O–H groups in total. The number of aliphatic hydroxyl groups is 1. The average molecular weight is 453 g/mol. The third-order valence-corrected chi connectivity index (χ3v) is 4.43. The van der Waals surface area contributed by atoms with Gasteiger partial charge >= 0.3 is 6.18 Å². The van der Waals surface area contributed by atoms with Gasteiger partial charge in [0, 0.05) is 28.3 Å². The fourth-order valence-electron chi connectivity index (χ4n) is 2.48. The summed E-state index contributed by atoms with van der Waals surface area (Å²) >= 11 is 2.93. The van der Waals surface area contributed by atoms with Crippen LogP contribution in [0.25, 0.3) is 11.3 Å². The number of halogens is 4. The molecule has 0 fully saturated rings. The maximum atomic E-state index is 13.1. The third-order valence-electron chi connectivity index (χ3n) is 3.73. The van der Waals surface area contributed by atoms with Gasteiger partial charge in [-0.25, -0.2) is 4.98 Å². The molecule has 2 aromatic carbocycles. The third kappa shape index (κ3) is 4.99. The fraction of sp³-hybridized carbons (Fsp3) is 0.158. The lowest BCUT2D eigenvalue weighted by molar-refractivity contribution is -0.138. The van der Waals surface area contributed by atoms with Crippen LogP contribution < -0.4 is 10.6 Å². The molecule has 0 saturated heterocycles. The zero-order valence-corrected chi connectivity index (χ0v) is 16.0. The molecule has 0 radical (unpaired) electrons. The van der Waals surface area contributed by atoms with Crippen molar-refractivity contribution >= 4 is 33.4 Å². The molecular weight excluding hydrogens is 437 g/mol. The highest BCUT2D eigenvalue weighted by Gasteiger charge is 2.33. The maximum Gasteiger partial charge on any atom is 0.417 e. The highest BCUT2D eigenvalue weighted by Crippen LogP contribution is 2.37. The SMILES string of the molecule is OCCNc1nc(Nc2ccc(Br)c(C(F)(F)F)c2)cc(-c2ccccc2)n1. The molecule has 0 unspecified atom stereocenters. The molecule has 146 valence electrons. The molecule has 0 bridgehead atoms. The molecular formula is C19H16BrF3N4O. The lowest BCUT2D eigenvalue weighted by Gasteiger charge is -2.14. The highest BCUT2D eigenvalue weighted by molar-refractivity contribution is 9.10. The Balaban J connectivity index is 1.97. The van der Waals surface area contributed by atoms with E-state index in [0.29, 0.717) is 11.5 Å². The van der Waals surface area contributed by atoms with Crippen molar-refractivity contribution in [3.8, 4) is 11.3 Å². The number of aliphatic hydroxyl groups excluding tert-OH is 1. The van der Waals surface area contributed by atoms with Gasteiger partial charge in [0.05, 0.1) is 17.9 Å². The van der Waals surface area contributed by atoms with Crippen molar-refractivity contribution < 1.29 is 18.3 Å². The van der Waals surface area contributed by atoms with Gasteiger partial charge in [0.15, 0.2) is 0 Å². The Kier molecular flexibility index (Phi) is 6.15. The summed E-state index contributed by atoms with van der Waals surface area (Å²) in [6.45, 7) is 0.136. The number of alkyl halides is 3. The molecule has 3 rings (SSSR count). The molecule has 28 heavy (non-hydrogen) atoms. The molecule has 3 aromatic rings. The van der Waals surface area contributed by atoms with Crippen molar-refractivity contribution in [3.05, 3.63) is 64.6 Å². The van der Waals surface area contributed by atoms with Crippen LogP contribution in [0.5, 0.6) is 0 Å². The van der Waals surface area contributed by atoms with Gasteiger partial charge in [-0.15, -0.1) is 0 Å². The Morgan fingerprint density at radius 1 is 1.00 bits per heavy atom. The first-order valence-corrected chi connectivity index (χ1v) is 9.09. The molecule has 0 atom stereocenters. The number of aromatic nitrogens is 2. The van der Waals surface area contributed by atoms with Crippen LogP contribution in [0.3, 0.4) is 0 Å². The van der Waals surface area contributed by atoms with E-state index < -0.39 is 11.7 Å². The number of nitrogens with zero attached hydrogens (tertiary/aromatic N) is 2. The normalized spacial score (nSPS) is 11.3. The summed E-state index contributed by atoms with van der Waals surface area (Å²) in [4.78, 5) is 8.66. The molecule has 0 aliphatic heterocycles. The number of anilines is 3. The van der Waals surface area contributed by atoms with Gasteiger partial charge in [0.2, 0.25) is 5.95 Å². The maximum absolute atomic E-state index is 13.1. The fourth-order valence-corrected chi connectivity index (χ4v) is 2.95. The van der Waals surface area contributed by atoms with Crippen molar-refractivity contribution in [3.63, 3.8) is 0 Å². The number of rotatable bonds is 6. The second kappa shape index (κ2) is 8.57. The monoisotopic (exact) mass is 452 g/mol. The summed E-state index contributed by atoms with van der Waals surface area (Å²) in [6, 6.07) is 14.8. The van der Waals surface area contributed by atoms with E-state index in [1.165, 1.54) is 12.1 Å². The van der Waals surface area contributed by atoms with E-state index in [2.05, 4.69) is 36.5 Å². The van der Waals surface area contributed by atoms with Crippen LogP contribution in [0.2, 0.25) is 0 Å². The molecule has 9 heteroatoms. The van der Waals surface area contributed by atoms with Crippen molar-refractivity contribution in [1.82, 2.24) is 9.97 Å². The van der Waals surface area contributed by atoms with E-state index in [1.54, 1.807) is 6.07 Å². The van der Waals surface area contributed by atoms with E-state index in [0.717, 1.165) is 11.6 Å². The standard InChI is InChI=1S/C19H16BrF3N4O/c20-15-7-6-13(10-14(15)19(21,22)23)25-17-11-16(12-4-2-1-3-5-12)26-18(27-17)24-8-9-28/h1-7,10-11,28H,8-9H2,(H2,24,25,26,27). The predicted molar refractivity (Wildman–Crippen MR) is 105 cm³/mol. The molecule has 1 heterocycles. The Labute approximate surface area is 167 Å². The predicted octanol–water partition coefficient (Wildman–Crippen LogP) is 5.07. The lowest BCUT2D eigenvalue weighted by atomic mass is 10.1. The smallest absolute Gasteiger partial charge is 0.395 e. The molecule has 0 aliphatic rings. The molecule has 1 aromatic heterocycles. The van der Waals surface area contributed by atoms with E-state index in [4.69, 9.17) is 5.11 Å². The van der Waals surface area contributed by atoms with Gasteiger partial charge in [-0.3, -0.25) is 0 Å². The number of benzene rings is 2. The van der Waals surface area contributed by atoms with E-state index in [1.807, 2.05) is 30.3 Å². The Morgan fingerprint density at radius 3 is 2.43 bits per heavy atom. The van der Waals surface area contributed by atoms with E-state index in [-0.39, 0.29) is 29.3 Å². The molecule has 0 aliphatic carbocycles. The topological polar surface area (TPSA) is 70.1 Å². The van der Waals surface area contributed by atoms with Gasteiger partial charge in [-0.2, -0.15) is 18.2 Å². The first kappa shape index (κ1) is 20.1. The van der Waals surface area contributed by atoms with Crippen LogP contribution in [0.4, 0.5) is 30.6 Å². The van der Waals surface area contributed by atoms with E-state index >= 15 is 0 Å². The zero-order chi connectivity index (χ0) is 20.1. The summed E-state index contributed by atoms with van der Waals surface area (Å²) in [6.07, 6.45) is -4.48. The quantitative estimate of drug-likeness (QED) is 0.486. The van der Waals surface area contributed by atoms with Crippen LogP contribution >= 0.6 is 15.9 Å². The average Bonchev–Trinajstić information content (AvgIpc) is 2.67.